The molecule has 0 aromatic heterocycles. The highest BCUT2D eigenvalue weighted by molar-refractivity contribution is 5.96. The molecular weight excluding hydrogens is 320 g/mol. The van der Waals surface area contributed by atoms with Crippen molar-refractivity contribution in [1.29, 1.82) is 0 Å². The molecule has 0 radical (unpaired) electrons. The summed E-state index contributed by atoms with van der Waals surface area (Å²) in [5, 5.41) is 3.19. The van der Waals surface area contributed by atoms with Gasteiger partial charge in [-0.1, -0.05) is 61.7 Å². The highest BCUT2D eigenvalue weighted by atomic mass is 16.2. The number of hydrogen-bond acceptors (Lipinski definition) is 2. The van der Waals surface area contributed by atoms with Crippen LogP contribution in [0.1, 0.15) is 54.8 Å². The quantitative estimate of drug-likeness (QED) is 0.799. The highest BCUT2D eigenvalue weighted by Gasteiger charge is 2.31. The number of benzene rings is 2. The van der Waals surface area contributed by atoms with Gasteiger partial charge >= 0.3 is 0 Å². The summed E-state index contributed by atoms with van der Waals surface area (Å²) in [6, 6.07) is 16.6. The first-order valence-electron chi connectivity index (χ1n) is 9.71. The van der Waals surface area contributed by atoms with Gasteiger partial charge in [-0.05, 0) is 56.5 Å². The molecule has 1 fully saturated rings. The van der Waals surface area contributed by atoms with Crippen molar-refractivity contribution >= 4 is 11.6 Å². The average Bonchev–Trinajstić information content (AvgIpc) is 2.66. The molecule has 0 heterocycles. The van der Waals surface area contributed by atoms with Crippen LogP contribution < -0.4 is 5.32 Å². The summed E-state index contributed by atoms with van der Waals surface area (Å²) in [6.45, 7) is 4.09. The second-order valence-corrected chi connectivity index (χ2v) is 7.58. The molecular formula is C23H30N2O. The Balaban J connectivity index is 1.87. The van der Waals surface area contributed by atoms with E-state index in [1.54, 1.807) is 0 Å². The number of aryl methyl sites for hydroxylation is 2. The maximum Gasteiger partial charge on any atom is 0.246 e. The van der Waals surface area contributed by atoms with Crippen LogP contribution in [0, 0.1) is 13.8 Å². The summed E-state index contributed by atoms with van der Waals surface area (Å²) >= 11 is 0. The van der Waals surface area contributed by atoms with Crippen LogP contribution in [0.25, 0.3) is 0 Å². The normalized spacial score (nSPS) is 16.5. The lowest BCUT2D eigenvalue weighted by molar-refractivity contribution is -0.122. The van der Waals surface area contributed by atoms with Crippen molar-refractivity contribution in [3.05, 3.63) is 65.2 Å². The molecule has 1 amide bonds. The van der Waals surface area contributed by atoms with E-state index in [0.717, 1.165) is 22.4 Å². The van der Waals surface area contributed by atoms with Crippen LogP contribution in [-0.2, 0) is 4.79 Å². The Bertz CT molecular complexity index is 735. The average molecular weight is 351 g/mol. The van der Waals surface area contributed by atoms with Gasteiger partial charge in [0.1, 0.15) is 6.04 Å². The van der Waals surface area contributed by atoms with E-state index in [1.165, 1.54) is 32.1 Å². The molecule has 1 aliphatic carbocycles. The third kappa shape index (κ3) is 4.34. The van der Waals surface area contributed by atoms with Crippen LogP contribution in [0.2, 0.25) is 0 Å². The second kappa shape index (κ2) is 8.50. The zero-order valence-corrected chi connectivity index (χ0v) is 16.2. The first-order chi connectivity index (χ1) is 12.6. The van der Waals surface area contributed by atoms with Crippen molar-refractivity contribution in [2.24, 2.45) is 0 Å². The first kappa shape index (κ1) is 18.7. The molecule has 1 saturated carbocycles. The standard InChI is InChI=1S/C23H30N2O/c1-17-14-15-18(2)21(16-17)24-23(26)22(19-10-6-4-7-11-19)25(3)20-12-8-5-9-13-20/h4,6-7,10-11,14-16,20,22H,5,8-9,12-13H2,1-3H3,(H,24,26)/t22-/m0/s1. The monoisotopic (exact) mass is 350 g/mol. The lowest BCUT2D eigenvalue weighted by Crippen LogP contribution is -2.42. The SMILES string of the molecule is Cc1ccc(C)c(NC(=O)[C@H](c2ccccc2)N(C)C2CCCCC2)c1. The molecule has 0 unspecified atom stereocenters. The first-order valence-corrected chi connectivity index (χ1v) is 9.71. The van der Waals surface area contributed by atoms with Crippen molar-refractivity contribution in [2.75, 3.05) is 12.4 Å². The van der Waals surface area contributed by atoms with Gasteiger partial charge in [-0.25, -0.2) is 0 Å². The maximum absolute atomic E-state index is 13.3. The zero-order chi connectivity index (χ0) is 18.5. The predicted molar refractivity (Wildman–Crippen MR) is 108 cm³/mol. The molecule has 1 atom stereocenters. The predicted octanol–water partition coefficient (Wildman–Crippen LogP) is 5.25. The molecule has 3 heteroatoms. The van der Waals surface area contributed by atoms with E-state index in [1.807, 2.05) is 25.1 Å². The minimum atomic E-state index is -0.265. The molecule has 0 bridgehead atoms. The van der Waals surface area contributed by atoms with Gasteiger partial charge in [-0.3, -0.25) is 9.69 Å². The van der Waals surface area contributed by atoms with Crippen LogP contribution in [0.3, 0.4) is 0 Å². The minimum Gasteiger partial charge on any atom is -0.324 e. The molecule has 26 heavy (non-hydrogen) atoms. The molecule has 1 aliphatic rings. The molecule has 0 aliphatic heterocycles. The Kier molecular flexibility index (Phi) is 6.10. The maximum atomic E-state index is 13.3. The number of carbonyl (C=O) groups is 1. The van der Waals surface area contributed by atoms with Gasteiger partial charge in [-0.2, -0.15) is 0 Å². The molecule has 3 nitrogen and oxygen atoms in total. The Morgan fingerprint density at radius 2 is 1.73 bits per heavy atom. The van der Waals surface area contributed by atoms with E-state index in [0.29, 0.717) is 6.04 Å². The Morgan fingerprint density at radius 1 is 1.04 bits per heavy atom. The summed E-state index contributed by atoms with van der Waals surface area (Å²) < 4.78 is 0. The number of carbonyl (C=O) groups excluding carboxylic acids is 1. The van der Waals surface area contributed by atoms with Crippen LogP contribution in [0.5, 0.6) is 0 Å². The number of rotatable bonds is 5. The fraction of sp³-hybridized carbons (Fsp3) is 0.435. The fourth-order valence-corrected chi connectivity index (χ4v) is 3.98. The minimum absolute atomic E-state index is 0.0537. The highest BCUT2D eigenvalue weighted by Crippen LogP contribution is 2.30. The van der Waals surface area contributed by atoms with E-state index in [-0.39, 0.29) is 11.9 Å². The lowest BCUT2D eigenvalue weighted by atomic mass is 9.92. The van der Waals surface area contributed by atoms with Crippen LogP contribution in [0.4, 0.5) is 5.69 Å². The van der Waals surface area contributed by atoms with Gasteiger partial charge in [0.2, 0.25) is 5.91 Å². The number of nitrogens with zero attached hydrogens (tertiary/aromatic N) is 1. The molecule has 138 valence electrons. The van der Waals surface area contributed by atoms with Gasteiger partial charge < -0.3 is 5.32 Å². The Hall–Kier alpha value is -2.13. The van der Waals surface area contributed by atoms with Crippen LogP contribution >= 0.6 is 0 Å². The van der Waals surface area contributed by atoms with Crippen LogP contribution in [-0.4, -0.2) is 23.9 Å². The van der Waals surface area contributed by atoms with Gasteiger partial charge in [0.25, 0.3) is 0 Å². The number of likely N-dealkylation sites (N-methyl/N-ethyl adjacent to an activating group) is 1. The molecule has 3 rings (SSSR count). The van der Waals surface area contributed by atoms with Gasteiger partial charge in [0.15, 0.2) is 0 Å². The third-order valence-corrected chi connectivity index (χ3v) is 5.57. The van der Waals surface area contributed by atoms with Crippen molar-refractivity contribution in [3.63, 3.8) is 0 Å². The molecule has 2 aromatic rings. The van der Waals surface area contributed by atoms with Gasteiger partial charge in [0.05, 0.1) is 0 Å². The topological polar surface area (TPSA) is 32.3 Å². The fourth-order valence-electron chi connectivity index (χ4n) is 3.98. The van der Waals surface area contributed by atoms with Crippen LogP contribution in [0.15, 0.2) is 48.5 Å². The Morgan fingerprint density at radius 3 is 2.42 bits per heavy atom. The van der Waals surface area contributed by atoms with E-state index < -0.39 is 0 Å². The summed E-state index contributed by atoms with van der Waals surface area (Å²) in [5.74, 6) is 0.0537. The number of nitrogens with one attached hydrogen (secondary N) is 1. The van der Waals surface area contributed by atoms with E-state index in [4.69, 9.17) is 0 Å². The van der Waals surface area contributed by atoms with Crippen molar-refractivity contribution in [1.82, 2.24) is 4.90 Å². The van der Waals surface area contributed by atoms with E-state index >= 15 is 0 Å². The van der Waals surface area contributed by atoms with Crippen molar-refractivity contribution in [2.45, 2.75) is 58.0 Å². The third-order valence-electron chi connectivity index (χ3n) is 5.57. The second-order valence-electron chi connectivity index (χ2n) is 7.58. The van der Waals surface area contributed by atoms with Gasteiger partial charge in [-0.15, -0.1) is 0 Å². The lowest BCUT2D eigenvalue weighted by Gasteiger charge is -2.36. The number of anilines is 1. The number of amides is 1. The van der Waals surface area contributed by atoms with E-state index in [9.17, 15) is 4.79 Å². The smallest absolute Gasteiger partial charge is 0.246 e. The molecule has 2 aromatic carbocycles. The van der Waals surface area contributed by atoms with Crippen molar-refractivity contribution < 1.29 is 4.79 Å². The summed E-state index contributed by atoms with van der Waals surface area (Å²) in [5.41, 5.74) is 4.22. The largest absolute Gasteiger partial charge is 0.324 e. The van der Waals surface area contributed by atoms with Gasteiger partial charge in [0, 0.05) is 11.7 Å². The summed E-state index contributed by atoms with van der Waals surface area (Å²) in [6.07, 6.45) is 6.19. The molecule has 0 spiro atoms. The number of hydrogen-bond donors (Lipinski definition) is 1. The van der Waals surface area contributed by atoms with Crippen molar-refractivity contribution in [3.8, 4) is 0 Å². The Labute approximate surface area is 157 Å². The molecule has 0 saturated heterocycles. The molecule has 1 N–H and O–H groups in total. The summed E-state index contributed by atoms with van der Waals surface area (Å²) in [7, 11) is 2.11. The van der Waals surface area contributed by atoms with E-state index in [2.05, 4.69) is 54.5 Å². The summed E-state index contributed by atoms with van der Waals surface area (Å²) in [4.78, 5) is 15.6. The zero-order valence-electron chi connectivity index (χ0n) is 16.2.